The van der Waals surface area contributed by atoms with Crippen LogP contribution in [0.2, 0.25) is 5.02 Å². The molecular formula is C19H15ClN4OS. The number of thioether (sulfide) groups is 1. The Labute approximate surface area is 159 Å². The van der Waals surface area contributed by atoms with Crippen molar-refractivity contribution in [1.29, 1.82) is 0 Å². The number of nitrogens with zero attached hydrogens (tertiary/aromatic N) is 3. The van der Waals surface area contributed by atoms with Crippen molar-refractivity contribution in [2.45, 2.75) is 17.8 Å². The molecule has 130 valence electrons. The molecular weight excluding hydrogens is 368 g/mol. The molecule has 0 spiro atoms. The minimum atomic E-state index is 0.623. The maximum atomic E-state index is 5.91. The molecule has 0 fully saturated rings. The Morgan fingerprint density at radius 2 is 1.73 bits per heavy atom. The molecule has 0 atom stereocenters. The Balaban J connectivity index is 1.42. The standard InChI is InChI=1S/C19H15ClN4OS/c1-12-2-4-14(5-3-12)18-21-16(10-25-18)11-26-19-22-17(23-24-19)13-6-8-15(20)9-7-13/h2-10H,11H2,1H3,(H,22,23,24). The molecule has 0 aliphatic carbocycles. The summed E-state index contributed by atoms with van der Waals surface area (Å²) >= 11 is 7.41. The summed E-state index contributed by atoms with van der Waals surface area (Å²) in [6.07, 6.45) is 1.68. The third-order valence-corrected chi connectivity index (χ3v) is 4.91. The predicted molar refractivity (Wildman–Crippen MR) is 103 cm³/mol. The van der Waals surface area contributed by atoms with Gasteiger partial charge in [-0.3, -0.25) is 5.10 Å². The lowest BCUT2D eigenvalue weighted by Crippen LogP contribution is -1.84. The number of oxazole rings is 1. The zero-order valence-corrected chi connectivity index (χ0v) is 15.5. The molecule has 2 aromatic heterocycles. The van der Waals surface area contributed by atoms with Crippen molar-refractivity contribution in [2.24, 2.45) is 0 Å². The summed E-state index contributed by atoms with van der Waals surface area (Å²) in [4.78, 5) is 9.03. The molecule has 7 heteroatoms. The number of halogens is 1. The van der Waals surface area contributed by atoms with E-state index in [1.165, 1.54) is 17.3 Å². The van der Waals surface area contributed by atoms with Crippen LogP contribution in [0.15, 0.2) is 64.4 Å². The van der Waals surface area contributed by atoms with E-state index in [9.17, 15) is 0 Å². The first kappa shape index (κ1) is 16.9. The molecule has 0 radical (unpaired) electrons. The van der Waals surface area contributed by atoms with Gasteiger partial charge in [-0.2, -0.15) is 0 Å². The molecule has 2 aromatic carbocycles. The fourth-order valence-corrected chi connectivity index (χ4v) is 3.19. The highest BCUT2D eigenvalue weighted by Crippen LogP contribution is 2.25. The SMILES string of the molecule is Cc1ccc(-c2nc(CSc3n[nH]c(-c4ccc(Cl)cc4)n3)co2)cc1. The molecule has 0 saturated carbocycles. The van der Waals surface area contributed by atoms with Gasteiger partial charge in [0.2, 0.25) is 11.0 Å². The third kappa shape index (κ3) is 3.81. The number of aromatic nitrogens is 4. The van der Waals surface area contributed by atoms with Crippen molar-refractivity contribution in [3.63, 3.8) is 0 Å². The van der Waals surface area contributed by atoms with Gasteiger partial charge in [-0.15, -0.1) is 5.10 Å². The molecule has 26 heavy (non-hydrogen) atoms. The van der Waals surface area contributed by atoms with Gasteiger partial charge >= 0.3 is 0 Å². The monoisotopic (exact) mass is 382 g/mol. The largest absolute Gasteiger partial charge is 0.444 e. The second kappa shape index (κ2) is 7.35. The highest BCUT2D eigenvalue weighted by molar-refractivity contribution is 7.98. The van der Waals surface area contributed by atoms with Crippen molar-refractivity contribution in [1.82, 2.24) is 20.2 Å². The molecule has 0 unspecified atom stereocenters. The molecule has 2 heterocycles. The second-order valence-corrected chi connectivity index (χ2v) is 7.15. The van der Waals surface area contributed by atoms with Crippen LogP contribution in [0.5, 0.6) is 0 Å². The Kier molecular flexibility index (Phi) is 4.77. The van der Waals surface area contributed by atoms with Gasteiger partial charge in [0, 0.05) is 21.9 Å². The Bertz CT molecular complexity index is 925. The van der Waals surface area contributed by atoms with Crippen molar-refractivity contribution >= 4 is 23.4 Å². The number of aromatic amines is 1. The molecule has 0 amide bonds. The van der Waals surface area contributed by atoms with E-state index in [1.807, 2.05) is 48.5 Å². The van der Waals surface area contributed by atoms with E-state index >= 15 is 0 Å². The van der Waals surface area contributed by atoms with Gasteiger partial charge in [0.05, 0.1) is 5.69 Å². The third-order valence-electron chi connectivity index (χ3n) is 3.78. The molecule has 0 saturated heterocycles. The molecule has 0 bridgehead atoms. The van der Waals surface area contributed by atoms with E-state index in [2.05, 4.69) is 27.1 Å². The van der Waals surface area contributed by atoms with Gasteiger partial charge in [0.25, 0.3) is 0 Å². The minimum absolute atomic E-state index is 0.623. The number of nitrogens with one attached hydrogen (secondary N) is 1. The van der Waals surface area contributed by atoms with E-state index < -0.39 is 0 Å². The summed E-state index contributed by atoms with van der Waals surface area (Å²) in [6, 6.07) is 15.6. The Morgan fingerprint density at radius 3 is 2.50 bits per heavy atom. The average Bonchev–Trinajstić information content (AvgIpc) is 3.31. The van der Waals surface area contributed by atoms with Crippen LogP contribution in [-0.2, 0) is 5.75 Å². The molecule has 4 rings (SSSR count). The first-order chi connectivity index (χ1) is 12.7. The number of aryl methyl sites for hydroxylation is 1. The lowest BCUT2D eigenvalue weighted by Gasteiger charge is -1.96. The molecule has 5 nitrogen and oxygen atoms in total. The van der Waals surface area contributed by atoms with Crippen molar-refractivity contribution < 1.29 is 4.42 Å². The summed E-state index contributed by atoms with van der Waals surface area (Å²) in [5.41, 5.74) is 3.97. The maximum absolute atomic E-state index is 5.91. The van der Waals surface area contributed by atoms with Gasteiger partial charge in [-0.05, 0) is 43.3 Å². The smallest absolute Gasteiger partial charge is 0.226 e. The molecule has 4 aromatic rings. The quantitative estimate of drug-likeness (QED) is 0.469. The van der Waals surface area contributed by atoms with Gasteiger partial charge in [-0.25, -0.2) is 9.97 Å². The normalized spacial score (nSPS) is 11.0. The molecule has 1 N–H and O–H groups in total. The van der Waals surface area contributed by atoms with Crippen molar-refractivity contribution in [3.05, 3.63) is 71.1 Å². The van der Waals surface area contributed by atoms with Crippen LogP contribution in [0.1, 0.15) is 11.3 Å². The summed E-state index contributed by atoms with van der Waals surface area (Å²) in [7, 11) is 0. The van der Waals surface area contributed by atoms with Crippen molar-refractivity contribution in [2.75, 3.05) is 0 Å². The van der Waals surface area contributed by atoms with Gasteiger partial charge in [-0.1, -0.05) is 41.1 Å². The summed E-state index contributed by atoms with van der Waals surface area (Å²) in [6.45, 7) is 2.05. The number of benzene rings is 2. The first-order valence-corrected chi connectivity index (χ1v) is 9.36. The van der Waals surface area contributed by atoms with Crippen LogP contribution in [0.25, 0.3) is 22.8 Å². The van der Waals surface area contributed by atoms with Crippen LogP contribution in [0.3, 0.4) is 0 Å². The highest BCUT2D eigenvalue weighted by Gasteiger charge is 2.10. The zero-order chi connectivity index (χ0) is 17.9. The first-order valence-electron chi connectivity index (χ1n) is 8.00. The predicted octanol–water partition coefficient (Wildman–Crippen LogP) is 5.38. The number of hydrogen-bond acceptors (Lipinski definition) is 5. The van der Waals surface area contributed by atoms with E-state index in [4.69, 9.17) is 16.0 Å². The van der Waals surface area contributed by atoms with E-state index in [1.54, 1.807) is 6.26 Å². The topological polar surface area (TPSA) is 67.6 Å². The number of hydrogen-bond donors (Lipinski definition) is 1. The van der Waals surface area contributed by atoms with Gasteiger partial charge in [0.15, 0.2) is 5.82 Å². The Morgan fingerprint density at radius 1 is 1.00 bits per heavy atom. The van der Waals surface area contributed by atoms with Crippen LogP contribution < -0.4 is 0 Å². The highest BCUT2D eigenvalue weighted by atomic mass is 35.5. The minimum Gasteiger partial charge on any atom is -0.444 e. The Hall–Kier alpha value is -2.57. The number of H-pyrrole nitrogens is 1. The van der Waals surface area contributed by atoms with Crippen molar-refractivity contribution in [3.8, 4) is 22.8 Å². The molecule has 0 aliphatic rings. The lowest BCUT2D eigenvalue weighted by molar-refractivity contribution is 0.573. The van der Waals surface area contributed by atoms with Gasteiger partial charge in [0.1, 0.15) is 6.26 Å². The average molecular weight is 383 g/mol. The van der Waals surface area contributed by atoms with E-state index in [0.717, 1.165) is 16.8 Å². The van der Waals surface area contributed by atoms with E-state index in [0.29, 0.717) is 27.6 Å². The van der Waals surface area contributed by atoms with Crippen LogP contribution in [-0.4, -0.2) is 20.2 Å². The zero-order valence-electron chi connectivity index (χ0n) is 13.9. The summed E-state index contributed by atoms with van der Waals surface area (Å²) in [5.74, 6) is 1.97. The fourth-order valence-electron chi connectivity index (χ4n) is 2.39. The summed E-state index contributed by atoms with van der Waals surface area (Å²) in [5, 5.41) is 8.54. The summed E-state index contributed by atoms with van der Waals surface area (Å²) < 4.78 is 5.58. The number of rotatable bonds is 5. The van der Waals surface area contributed by atoms with E-state index in [-0.39, 0.29) is 0 Å². The van der Waals surface area contributed by atoms with Crippen LogP contribution >= 0.6 is 23.4 Å². The lowest BCUT2D eigenvalue weighted by atomic mass is 10.1. The maximum Gasteiger partial charge on any atom is 0.226 e. The van der Waals surface area contributed by atoms with Crippen LogP contribution in [0, 0.1) is 6.92 Å². The molecule has 0 aliphatic heterocycles. The van der Waals surface area contributed by atoms with Gasteiger partial charge < -0.3 is 4.42 Å². The second-order valence-electron chi connectivity index (χ2n) is 5.77. The fraction of sp³-hybridized carbons (Fsp3) is 0.105. The van der Waals surface area contributed by atoms with Crippen LogP contribution in [0.4, 0.5) is 0 Å².